The number of ether oxygens (including phenoxy) is 2. The SMILES string of the molecule is COc1ccc(C)cc1CC(=O)O[C@H](C)C(=O)Nc1cccc(F)c1. The van der Waals surface area contributed by atoms with Crippen molar-refractivity contribution in [3.8, 4) is 5.75 Å². The van der Waals surface area contributed by atoms with Gasteiger partial charge in [-0.1, -0.05) is 23.8 Å². The maximum Gasteiger partial charge on any atom is 0.311 e. The quantitative estimate of drug-likeness (QED) is 0.816. The summed E-state index contributed by atoms with van der Waals surface area (Å²) in [4.78, 5) is 24.1. The van der Waals surface area contributed by atoms with Gasteiger partial charge < -0.3 is 14.8 Å². The monoisotopic (exact) mass is 345 g/mol. The number of methoxy groups -OCH3 is 1. The summed E-state index contributed by atoms with van der Waals surface area (Å²) in [5.74, 6) is -0.964. The van der Waals surface area contributed by atoms with Crippen LogP contribution >= 0.6 is 0 Å². The molecule has 0 aliphatic carbocycles. The maximum absolute atomic E-state index is 13.1. The first-order valence-electron chi connectivity index (χ1n) is 7.78. The summed E-state index contributed by atoms with van der Waals surface area (Å²) in [6.45, 7) is 3.36. The number of nitrogens with one attached hydrogen (secondary N) is 1. The topological polar surface area (TPSA) is 64.6 Å². The van der Waals surface area contributed by atoms with Crippen molar-refractivity contribution in [3.05, 3.63) is 59.4 Å². The van der Waals surface area contributed by atoms with E-state index in [1.54, 1.807) is 12.1 Å². The van der Waals surface area contributed by atoms with Gasteiger partial charge in [-0.2, -0.15) is 0 Å². The van der Waals surface area contributed by atoms with Crippen molar-refractivity contribution in [2.75, 3.05) is 12.4 Å². The number of anilines is 1. The smallest absolute Gasteiger partial charge is 0.311 e. The molecule has 2 rings (SSSR count). The van der Waals surface area contributed by atoms with Gasteiger partial charge in [-0.15, -0.1) is 0 Å². The van der Waals surface area contributed by atoms with Crippen LogP contribution in [0.25, 0.3) is 0 Å². The standard InChI is InChI=1S/C19H20FNO4/c1-12-7-8-17(24-3)14(9-12)10-18(22)25-13(2)19(23)21-16-6-4-5-15(20)11-16/h4-9,11,13H,10H2,1-3H3,(H,21,23)/t13-/m1/s1. The van der Waals surface area contributed by atoms with E-state index in [2.05, 4.69) is 5.32 Å². The van der Waals surface area contributed by atoms with Gasteiger partial charge in [0.2, 0.25) is 0 Å². The number of halogens is 1. The molecule has 6 heteroatoms. The number of benzene rings is 2. The summed E-state index contributed by atoms with van der Waals surface area (Å²) >= 11 is 0. The molecular weight excluding hydrogens is 325 g/mol. The van der Waals surface area contributed by atoms with E-state index in [4.69, 9.17) is 9.47 Å². The van der Waals surface area contributed by atoms with Gasteiger partial charge in [-0.25, -0.2) is 4.39 Å². The van der Waals surface area contributed by atoms with Gasteiger partial charge in [0.15, 0.2) is 6.10 Å². The lowest BCUT2D eigenvalue weighted by molar-refractivity contribution is -0.152. The van der Waals surface area contributed by atoms with Crippen LogP contribution < -0.4 is 10.1 Å². The predicted octanol–water partition coefficient (Wildman–Crippen LogP) is 3.26. The Morgan fingerprint density at radius 3 is 2.64 bits per heavy atom. The number of hydrogen-bond donors (Lipinski definition) is 1. The number of esters is 1. The van der Waals surface area contributed by atoms with Crippen molar-refractivity contribution in [3.63, 3.8) is 0 Å². The van der Waals surface area contributed by atoms with Crippen LogP contribution in [0.2, 0.25) is 0 Å². The average Bonchev–Trinajstić information content (AvgIpc) is 2.55. The molecule has 0 bridgehead atoms. The second-order valence-corrected chi connectivity index (χ2v) is 5.62. The minimum Gasteiger partial charge on any atom is -0.496 e. The minimum atomic E-state index is -1.01. The van der Waals surface area contributed by atoms with E-state index in [9.17, 15) is 14.0 Å². The Bertz CT molecular complexity index is 776. The minimum absolute atomic E-state index is 0.0115. The first-order chi connectivity index (χ1) is 11.9. The number of hydrogen-bond acceptors (Lipinski definition) is 4. The summed E-state index contributed by atoms with van der Waals surface area (Å²) in [7, 11) is 1.52. The van der Waals surface area contributed by atoms with E-state index in [1.807, 2.05) is 19.1 Å². The first-order valence-corrected chi connectivity index (χ1v) is 7.78. The van der Waals surface area contributed by atoms with Crippen LogP contribution in [-0.4, -0.2) is 25.1 Å². The summed E-state index contributed by atoms with van der Waals surface area (Å²) in [5.41, 5.74) is 1.97. The van der Waals surface area contributed by atoms with Crippen molar-refractivity contribution >= 4 is 17.6 Å². The number of amides is 1. The fraction of sp³-hybridized carbons (Fsp3) is 0.263. The molecule has 1 atom stereocenters. The molecule has 0 aliphatic rings. The lowest BCUT2D eigenvalue weighted by atomic mass is 10.1. The van der Waals surface area contributed by atoms with Gasteiger partial charge in [-0.3, -0.25) is 9.59 Å². The van der Waals surface area contributed by atoms with Gasteiger partial charge in [0.25, 0.3) is 5.91 Å². The molecule has 25 heavy (non-hydrogen) atoms. The molecule has 0 spiro atoms. The Balaban J connectivity index is 1.95. The third kappa shape index (κ3) is 5.31. The molecule has 0 heterocycles. The van der Waals surface area contributed by atoms with Crippen molar-refractivity contribution in [2.45, 2.75) is 26.4 Å². The second kappa shape index (κ2) is 8.28. The normalized spacial score (nSPS) is 11.5. The Labute approximate surface area is 145 Å². The number of carbonyl (C=O) groups is 2. The lowest BCUT2D eigenvalue weighted by Gasteiger charge is -2.14. The molecule has 5 nitrogen and oxygen atoms in total. The van der Waals surface area contributed by atoms with Crippen LogP contribution in [0.1, 0.15) is 18.1 Å². The van der Waals surface area contributed by atoms with Crippen LogP contribution in [0.5, 0.6) is 5.75 Å². The summed E-state index contributed by atoms with van der Waals surface area (Å²) < 4.78 is 23.5. The van der Waals surface area contributed by atoms with E-state index >= 15 is 0 Å². The van der Waals surface area contributed by atoms with Gasteiger partial charge >= 0.3 is 5.97 Å². The van der Waals surface area contributed by atoms with Crippen molar-refractivity contribution in [1.82, 2.24) is 0 Å². The van der Waals surface area contributed by atoms with Crippen LogP contribution in [-0.2, 0) is 20.7 Å². The number of aryl methyl sites for hydroxylation is 1. The fourth-order valence-electron chi connectivity index (χ4n) is 2.30. The molecule has 2 aromatic rings. The molecule has 0 saturated heterocycles. The third-order valence-electron chi connectivity index (χ3n) is 3.54. The second-order valence-electron chi connectivity index (χ2n) is 5.62. The molecule has 0 fully saturated rings. The zero-order valence-electron chi connectivity index (χ0n) is 14.3. The van der Waals surface area contributed by atoms with Crippen LogP contribution in [0.15, 0.2) is 42.5 Å². The number of rotatable bonds is 6. The highest BCUT2D eigenvalue weighted by Gasteiger charge is 2.19. The molecule has 2 aromatic carbocycles. The Hall–Kier alpha value is -2.89. The van der Waals surface area contributed by atoms with E-state index < -0.39 is 23.8 Å². The Morgan fingerprint density at radius 1 is 1.20 bits per heavy atom. The largest absolute Gasteiger partial charge is 0.496 e. The van der Waals surface area contributed by atoms with E-state index in [1.165, 1.54) is 32.2 Å². The molecule has 0 aromatic heterocycles. The van der Waals surface area contributed by atoms with Gasteiger partial charge in [0.1, 0.15) is 11.6 Å². The molecular formula is C19H20FNO4. The lowest BCUT2D eigenvalue weighted by Crippen LogP contribution is -2.30. The zero-order chi connectivity index (χ0) is 18.4. The van der Waals surface area contributed by atoms with E-state index in [0.717, 1.165) is 5.56 Å². The van der Waals surface area contributed by atoms with Crippen LogP contribution in [0.3, 0.4) is 0 Å². The molecule has 0 radical (unpaired) electrons. The summed E-state index contributed by atoms with van der Waals surface area (Å²) in [5, 5.41) is 2.50. The molecule has 0 saturated carbocycles. The molecule has 132 valence electrons. The fourth-order valence-corrected chi connectivity index (χ4v) is 2.30. The van der Waals surface area contributed by atoms with Gasteiger partial charge in [0.05, 0.1) is 13.5 Å². The average molecular weight is 345 g/mol. The first kappa shape index (κ1) is 18.4. The van der Waals surface area contributed by atoms with Crippen LogP contribution in [0, 0.1) is 12.7 Å². The third-order valence-corrected chi connectivity index (χ3v) is 3.54. The molecule has 1 amide bonds. The van der Waals surface area contributed by atoms with Crippen molar-refractivity contribution in [2.24, 2.45) is 0 Å². The van der Waals surface area contributed by atoms with Crippen molar-refractivity contribution < 1.29 is 23.5 Å². The molecule has 0 unspecified atom stereocenters. The van der Waals surface area contributed by atoms with Crippen LogP contribution in [0.4, 0.5) is 10.1 Å². The highest BCUT2D eigenvalue weighted by Crippen LogP contribution is 2.20. The van der Waals surface area contributed by atoms with Gasteiger partial charge in [-0.05, 0) is 38.1 Å². The zero-order valence-corrected chi connectivity index (χ0v) is 14.3. The number of carbonyl (C=O) groups excluding carboxylic acids is 2. The highest BCUT2D eigenvalue weighted by atomic mass is 19.1. The molecule has 0 aliphatic heterocycles. The Morgan fingerprint density at radius 2 is 1.96 bits per heavy atom. The predicted molar refractivity (Wildman–Crippen MR) is 92.0 cm³/mol. The summed E-state index contributed by atoms with van der Waals surface area (Å²) in [6, 6.07) is 11.0. The highest BCUT2D eigenvalue weighted by molar-refractivity contribution is 5.95. The van der Waals surface area contributed by atoms with E-state index in [0.29, 0.717) is 17.0 Å². The van der Waals surface area contributed by atoms with Crippen molar-refractivity contribution in [1.29, 1.82) is 0 Å². The van der Waals surface area contributed by atoms with Gasteiger partial charge in [0, 0.05) is 11.3 Å². The Kier molecular flexibility index (Phi) is 6.11. The summed E-state index contributed by atoms with van der Waals surface area (Å²) in [6.07, 6.45) is -1.02. The maximum atomic E-state index is 13.1. The van der Waals surface area contributed by atoms with E-state index in [-0.39, 0.29) is 6.42 Å². The molecule has 1 N–H and O–H groups in total.